The molecule has 0 radical (unpaired) electrons. The molecule has 0 aliphatic heterocycles. The molecule has 0 unspecified atom stereocenters. The molecule has 2 aromatic rings. The third-order valence-corrected chi connectivity index (χ3v) is 2.25. The quantitative estimate of drug-likeness (QED) is 0.608. The Hall–Kier alpha value is -2.70. The van der Waals surface area contributed by atoms with Crippen molar-refractivity contribution in [1.82, 2.24) is 10.2 Å². The minimum Gasteiger partial charge on any atom is -0.365 e. The van der Waals surface area contributed by atoms with Crippen LogP contribution in [0, 0.1) is 10.1 Å². The summed E-state index contributed by atoms with van der Waals surface area (Å²) in [5, 5.41) is 16.9. The number of nitrogens with one attached hydrogen (secondary N) is 1. The van der Waals surface area contributed by atoms with E-state index in [1.807, 2.05) is 0 Å². The molecule has 7 nitrogen and oxygen atoms in total. The average molecular weight is 232 g/mol. The molecule has 0 saturated carbocycles. The molecule has 0 aliphatic carbocycles. The summed E-state index contributed by atoms with van der Waals surface area (Å²) < 4.78 is 0. The molecule has 1 amide bonds. The van der Waals surface area contributed by atoms with Crippen LogP contribution in [0.25, 0.3) is 11.3 Å². The molecule has 3 N–H and O–H groups in total. The van der Waals surface area contributed by atoms with Crippen LogP contribution >= 0.6 is 0 Å². The number of aromatic amines is 1. The number of primary amides is 1. The minimum atomic E-state index is -0.639. The average Bonchev–Trinajstić information content (AvgIpc) is 2.78. The lowest BCUT2D eigenvalue weighted by molar-refractivity contribution is -0.384. The van der Waals surface area contributed by atoms with Gasteiger partial charge in [0.05, 0.1) is 22.4 Å². The van der Waals surface area contributed by atoms with Crippen molar-refractivity contribution in [3.63, 3.8) is 0 Å². The van der Waals surface area contributed by atoms with Gasteiger partial charge in [-0.05, 0) is 0 Å². The number of nitrogens with two attached hydrogens (primary N) is 1. The second kappa shape index (κ2) is 4.05. The number of nitro benzene ring substituents is 1. The van der Waals surface area contributed by atoms with Crippen molar-refractivity contribution in [2.75, 3.05) is 0 Å². The summed E-state index contributed by atoms with van der Waals surface area (Å²) in [7, 11) is 0. The van der Waals surface area contributed by atoms with Gasteiger partial charge < -0.3 is 5.73 Å². The van der Waals surface area contributed by atoms with Gasteiger partial charge in [0.1, 0.15) is 0 Å². The predicted molar refractivity (Wildman–Crippen MR) is 59.2 cm³/mol. The second-order valence-corrected chi connectivity index (χ2v) is 3.33. The summed E-state index contributed by atoms with van der Waals surface area (Å²) in [6.45, 7) is 0. The lowest BCUT2D eigenvalue weighted by Gasteiger charge is -2.00. The van der Waals surface area contributed by atoms with E-state index in [4.69, 9.17) is 5.73 Å². The lowest BCUT2D eigenvalue weighted by atomic mass is 10.1. The normalized spacial score (nSPS) is 10.1. The highest BCUT2D eigenvalue weighted by Crippen LogP contribution is 2.24. The molecule has 0 bridgehead atoms. The number of H-pyrrole nitrogens is 1. The molecule has 17 heavy (non-hydrogen) atoms. The molecule has 86 valence electrons. The molecule has 0 spiro atoms. The van der Waals surface area contributed by atoms with Crippen molar-refractivity contribution in [3.05, 3.63) is 46.1 Å². The Morgan fingerprint density at radius 2 is 2.24 bits per heavy atom. The van der Waals surface area contributed by atoms with Crippen molar-refractivity contribution in [2.45, 2.75) is 0 Å². The van der Waals surface area contributed by atoms with Crippen molar-refractivity contribution in [3.8, 4) is 11.3 Å². The Morgan fingerprint density at radius 1 is 1.47 bits per heavy atom. The largest absolute Gasteiger partial charge is 0.365 e. The van der Waals surface area contributed by atoms with E-state index >= 15 is 0 Å². The lowest BCUT2D eigenvalue weighted by Crippen LogP contribution is -2.11. The van der Waals surface area contributed by atoms with Crippen LogP contribution in [0.3, 0.4) is 0 Å². The maximum absolute atomic E-state index is 11.1. The molecule has 0 fully saturated rings. The van der Waals surface area contributed by atoms with Gasteiger partial charge in [0.2, 0.25) is 0 Å². The summed E-state index contributed by atoms with van der Waals surface area (Å²) in [4.78, 5) is 21.2. The Morgan fingerprint density at radius 3 is 2.88 bits per heavy atom. The van der Waals surface area contributed by atoms with Crippen LogP contribution in [0.4, 0.5) is 5.69 Å². The van der Waals surface area contributed by atoms with E-state index in [0.717, 1.165) is 0 Å². The molecular formula is C10H8N4O3. The first-order valence-electron chi connectivity index (χ1n) is 4.67. The van der Waals surface area contributed by atoms with Gasteiger partial charge in [-0.1, -0.05) is 12.1 Å². The minimum absolute atomic E-state index is 0.0625. The van der Waals surface area contributed by atoms with Gasteiger partial charge in [-0.2, -0.15) is 5.10 Å². The highest BCUT2D eigenvalue weighted by molar-refractivity contribution is 5.98. The number of nitro groups is 1. The van der Waals surface area contributed by atoms with Crippen molar-refractivity contribution < 1.29 is 9.72 Å². The van der Waals surface area contributed by atoms with E-state index in [-0.39, 0.29) is 11.3 Å². The number of hydrogen-bond donors (Lipinski definition) is 2. The zero-order chi connectivity index (χ0) is 12.4. The predicted octanol–water partition coefficient (Wildman–Crippen LogP) is 1.08. The van der Waals surface area contributed by atoms with Crippen LogP contribution in [0.2, 0.25) is 0 Å². The highest BCUT2D eigenvalue weighted by atomic mass is 16.6. The van der Waals surface area contributed by atoms with Crippen molar-refractivity contribution >= 4 is 11.6 Å². The SMILES string of the molecule is NC(=O)c1cn[nH]c1-c1cccc([N+](=O)[O-])c1. The zero-order valence-electron chi connectivity index (χ0n) is 8.58. The maximum Gasteiger partial charge on any atom is 0.270 e. The summed E-state index contributed by atoms with van der Waals surface area (Å²) >= 11 is 0. The fraction of sp³-hybridized carbons (Fsp3) is 0. The van der Waals surface area contributed by atoms with E-state index < -0.39 is 10.8 Å². The molecule has 1 heterocycles. The number of nitrogens with zero attached hydrogens (tertiary/aromatic N) is 2. The van der Waals surface area contributed by atoms with Gasteiger partial charge in [-0.25, -0.2) is 0 Å². The van der Waals surface area contributed by atoms with E-state index in [9.17, 15) is 14.9 Å². The Labute approximate surface area is 95.4 Å². The van der Waals surface area contributed by atoms with Crippen LogP contribution in [0.5, 0.6) is 0 Å². The molecule has 1 aromatic heterocycles. The smallest absolute Gasteiger partial charge is 0.270 e. The van der Waals surface area contributed by atoms with E-state index in [1.54, 1.807) is 6.07 Å². The monoisotopic (exact) mass is 232 g/mol. The fourth-order valence-electron chi connectivity index (χ4n) is 1.47. The standard InChI is InChI=1S/C10H8N4O3/c11-10(15)8-5-12-13-9(8)6-2-1-3-7(4-6)14(16)17/h1-5H,(H2,11,15)(H,12,13). The topological polar surface area (TPSA) is 115 Å². The summed E-state index contributed by atoms with van der Waals surface area (Å²) in [5.41, 5.74) is 6.17. The third kappa shape index (κ3) is 1.98. The molecule has 0 aliphatic rings. The number of non-ortho nitro benzene ring substituents is 1. The third-order valence-electron chi connectivity index (χ3n) is 2.25. The second-order valence-electron chi connectivity index (χ2n) is 3.33. The Balaban J connectivity index is 2.53. The number of benzene rings is 1. The number of carbonyl (C=O) groups is 1. The first kappa shape index (κ1) is 10.8. The number of carbonyl (C=O) groups excluding carboxylic acids is 1. The first-order valence-corrected chi connectivity index (χ1v) is 4.67. The van der Waals surface area contributed by atoms with Crippen LogP contribution in [-0.2, 0) is 0 Å². The van der Waals surface area contributed by atoms with Crippen molar-refractivity contribution in [1.29, 1.82) is 0 Å². The van der Waals surface area contributed by atoms with E-state index in [1.165, 1.54) is 24.4 Å². The first-order chi connectivity index (χ1) is 8.09. The highest BCUT2D eigenvalue weighted by Gasteiger charge is 2.14. The van der Waals surface area contributed by atoms with Gasteiger partial charge in [-0.3, -0.25) is 20.0 Å². The van der Waals surface area contributed by atoms with Gasteiger partial charge in [0.15, 0.2) is 0 Å². The molecule has 0 saturated heterocycles. The van der Waals surface area contributed by atoms with Gasteiger partial charge in [0, 0.05) is 17.7 Å². The van der Waals surface area contributed by atoms with Gasteiger partial charge >= 0.3 is 0 Å². The van der Waals surface area contributed by atoms with Gasteiger partial charge in [-0.15, -0.1) is 0 Å². The summed E-state index contributed by atoms with van der Waals surface area (Å²) in [6.07, 6.45) is 1.29. The molecular weight excluding hydrogens is 224 g/mol. The fourth-order valence-corrected chi connectivity index (χ4v) is 1.47. The Kier molecular flexibility index (Phi) is 2.57. The van der Waals surface area contributed by atoms with Crippen LogP contribution < -0.4 is 5.73 Å². The number of amides is 1. The number of hydrogen-bond acceptors (Lipinski definition) is 4. The van der Waals surface area contributed by atoms with Gasteiger partial charge in [0.25, 0.3) is 11.6 Å². The summed E-state index contributed by atoms with van der Waals surface area (Å²) in [5.74, 6) is -0.639. The van der Waals surface area contributed by atoms with Crippen molar-refractivity contribution in [2.24, 2.45) is 5.73 Å². The van der Waals surface area contributed by atoms with E-state index in [0.29, 0.717) is 11.3 Å². The Bertz CT molecular complexity index is 591. The van der Waals surface area contributed by atoms with Crippen LogP contribution in [-0.4, -0.2) is 21.0 Å². The van der Waals surface area contributed by atoms with E-state index in [2.05, 4.69) is 10.2 Å². The number of rotatable bonds is 3. The van der Waals surface area contributed by atoms with Crippen LogP contribution in [0.15, 0.2) is 30.5 Å². The molecule has 7 heteroatoms. The molecule has 1 aromatic carbocycles. The van der Waals surface area contributed by atoms with Crippen LogP contribution in [0.1, 0.15) is 10.4 Å². The maximum atomic E-state index is 11.1. The zero-order valence-corrected chi connectivity index (χ0v) is 8.58. The summed E-state index contributed by atoms with van der Waals surface area (Å²) in [6, 6.07) is 5.87. The number of aromatic nitrogens is 2. The molecule has 2 rings (SSSR count). The molecule has 0 atom stereocenters.